The quantitative estimate of drug-likeness (QED) is 0.604. The van der Waals surface area contributed by atoms with Crippen LogP contribution in [0.4, 0.5) is 11.6 Å². The van der Waals surface area contributed by atoms with Gasteiger partial charge in [0.25, 0.3) is 5.56 Å². The lowest BCUT2D eigenvalue weighted by Gasteiger charge is -2.06. The minimum absolute atomic E-state index is 0.168. The fourth-order valence-electron chi connectivity index (χ4n) is 2.54. The van der Waals surface area contributed by atoms with E-state index in [0.717, 1.165) is 16.6 Å². The highest BCUT2D eigenvalue weighted by Gasteiger charge is 2.07. The molecule has 2 aromatic carbocycles. The van der Waals surface area contributed by atoms with Gasteiger partial charge in [-0.15, -0.1) is 0 Å². The highest BCUT2D eigenvalue weighted by molar-refractivity contribution is 5.81. The molecule has 0 aliphatic rings. The molecule has 116 valence electrons. The molecule has 2 aromatic heterocycles. The number of fused-ring (bicyclic) bond motifs is 1. The van der Waals surface area contributed by atoms with Crippen molar-refractivity contribution in [1.82, 2.24) is 15.0 Å². The van der Waals surface area contributed by atoms with Gasteiger partial charge in [0.2, 0.25) is 5.95 Å². The zero-order valence-electron chi connectivity index (χ0n) is 12.7. The van der Waals surface area contributed by atoms with Crippen molar-refractivity contribution in [3.8, 4) is 11.1 Å². The first-order chi connectivity index (χ1) is 11.8. The Morgan fingerprint density at radius 1 is 0.917 bits per heavy atom. The van der Waals surface area contributed by atoms with Gasteiger partial charge in [0, 0.05) is 22.8 Å². The Kier molecular flexibility index (Phi) is 3.51. The maximum absolute atomic E-state index is 12.4. The number of hydrogen-bond donors (Lipinski definition) is 2. The van der Waals surface area contributed by atoms with Crippen LogP contribution >= 0.6 is 0 Å². The fourth-order valence-corrected chi connectivity index (χ4v) is 2.54. The first-order valence-electron chi connectivity index (χ1n) is 7.57. The third-order valence-electron chi connectivity index (χ3n) is 3.71. The van der Waals surface area contributed by atoms with Crippen molar-refractivity contribution in [1.29, 1.82) is 0 Å². The summed E-state index contributed by atoms with van der Waals surface area (Å²) in [5.41, 5.74) is 2.70. The SMILES string of the molecule is O=c1[nH]c2nc(Nc3ccccc3)ncc2cc1-c1ccccc1. The van der Waals surface area contributed by atoms with Gasteiger partial charge < -0.3 is 10.3 Å². The number of benzene rings is 2. The van der Waals surface area contributed by atoms with Crippen molar-refractivity contribution >= 4 is 22.7 Å². The van der Waals surface area contributed by atoms with E-state index in [4.69, 9.17) is 0 Å². The molecule has 0 unspecified atom stereocenters. The summed E-state index contributed by atoms with van der Waals surface area (Å²) in [6, 6.07) is 21.0. The summed E-state index contributed by atoms with van der Waals surface area (Å²) < 4.78 is 0. The molecule has 5 heteroatoms. The Morgan fingerprint density at radius 3 is 2.38 bits per heavy atom. The molecule has 0 aliphatic carbocycles. The molecule has 0 spiro atoms. The lowest BCUT2D eigenvalue weighted by Crippen LogP contribution is -2.10. The molecule has 0 aliphatic heterocycles. The maximum Gasteiger partial charge on any atom is 0.257 e. The number of aromatic nitrogens is 3. The number of para-hydroxylation sites is 1. The molecule has 5 nitrogen and oxygen atoms in total. The van der Waals surface area contributed by atoms with Crippen molar-refractivity contribution < 1.29 is 0 Å². The minimum Gasteiger partial charge on any atom is -0.324 e. The topological polar surface area (TPSA) is 70.7 Å². The normalized spacial score (nSPS) is 10.7. The van der Waals surface area contributed by atoms with Gasteiger partial charge >= 0.3 is 0 Å². The number of aromatic amines is 1. The Balaban J connectivity index is 1.75. The monoisotopic (exact) mass is 314 g/mol. The number of pyridine rings is 1. The van der Waals surface area contributed by atoms with E-state index in [2.05, 4.69) is 20.3 Å². The number of nitrogens with zero attached hydrogens (tertiary/aromatic N) is 2. The van der Waals surface area contributed by atoms with Gasteiger partial charge in [-0.3, -0.25) is 4.79 Å². The molecule has 0 saturated heterocycles. The predicted octanol–water partition coefficient (Wildman–Crippen LogP) is 3.73. The molecule has 0 radical (unpaired) electrons. The van der Waals surface area contributed by atoms with Crippen LogP contribution in [0.1, 0.15) is 0 Å². The van der Waals surface area contributed by atoms with Crippen LogP contribution in [0.15, 0.2) is 77.7 Å². The number of nitrogens with one attached hydrogen (secondary N) is 2. The summed E-state index contributed by atoms with van der Waals surface area (Å²) in [5, 5.41) is 3.90. The second-order valence-corrected chi connectivity index (χ2v) is 5.37. The van der Waals surface area contributed by atoms with E-state index in [0.29, 0.717) is 17.2 Å². The largest absolute Gasteiger partial charge is 0.324 e. The van der Waals surface area contributed by atoms with Crippen LogP contribution in [-0.2, 0) is 0 Å². The molecule has 24 heavy (non-hydrogen) atoms. The first kappa shape index (κ1) is 14.1. The molecule has 0 atom stereocenters. The molecule has 2 heterocycles. The molecule has 2 N–H and O–H groups in total. The molecule has 0 fully saturated rings. The van der Waals surface area contributed by atoms with Crippen LogP contribution < -0.4 is 10.9 Å². The zero-order valence-corrected chi connectivity index (χ0v) is 12.7. The molecule has 0 amide bonds. The van der Waals surface area contributed by atoms with Crippen LogP contribution in [-0.4, -0.2) is 15.0 Å². The third kappa shape index (κ3) is 2.75. The Labute approximate surface area is 138 Å². The summed E-state index contributed by atoms with van der Waals surface area (Å²) >= 11 is 0. The van der Waals surface area contributed by atoms with Crippen LogP contribution in [0.5, 0.6) is 0 Å². The molecular weight excluding hydrogens is 300 g/mol. The number of H-pyrrole nitrogens is 1. The van der Waals surface area contributed by atoms with Gasteiger partial charge in [-0.25, -0.2) is 4.98 Å². The average Bonchev–Trinajstić information content (AvgIpc) is 2.63. The van der Waals surface area contributed by atoms with Gasteiger partial charge in [-0.2, -0.15) is 4.98 Å². The van der Waals surface area contributed by atoms with Crippen molar-refractivity contribution in [3.63, 3.8) is 0 Å². The highest BCUT2D eigenvalue weighted by Crippen LogP contribution is 2.19. The fraction of sp³-hybridized carbons (Fsp3) is 0. The van der Waals surface area contributed by atoms with E-state index in [1.165, 1.54) is 0 Å². The number of hydrogen-bond acceptors (Lipinski definition) is 4. The van der Waals surface area contributed by atoms with Crippen molar-refractivity contribution in [2.24, 2.45) is 0 Å². The van der Waals surface area contributed by atoms with E-state index in [1.807, 2.05) is 66.7 Å². The predicted molar refractivity (Wildman–Crippen MR) is 95.3 cm³/mol. The Hall–Kier alpha value is -3.47. The van der Waals surface area contributed by atoms with Gasteiger partial charge in [-0.1, -0.05) is 48.5 Å². The van der Waals surface area contributed by atoms with Crippen molar-refractivity contribution in [3.05, 3.63) is 83.3 Å². The van der Waals surface area contributed by atoms with E-state index in [9.17, 15) is 4.79 Å². The summed E-state index contributed by atoms with van der Waals surface area (Å²) in [7, 11) is 0. The maximum atomic E-state index is 12.4. The van der Waals surface area contributed by atoms with E-state index in [-0.39, 0.29) is 5.56 Å². The summed E-state index contributed by atoms with van der Waals surface area (Å²) in [5.74, 6) is 0.441. The summed E-state index contributed by atoms with van der Waals surface area (Å²) in [6.45, 7) is 0. The first-order valence-corrected chi connectivity index (χ1v) is 7.57. The molecule has 4 rings (SSSR count). The standard InChI is InChI=1S/C19H14N4O/c24-18-16(13-7-3-1-4-8-13)11-14-12-20-19(23-17(14)22-18)21-15-9-5-2-6-10-15/h1-12H,(H2,20,21,22,23,24). The van der Waals surface area contributed by atoms with Gasteiger partial charge in [0.15, 0.2) is 0 Å². The second kappa shape index (κ2) is 5.96. The lowest BCUT2D eigenvalue weighted by molar-refractivity contribution is 1.16. The minimum atomic E-state index is -0.168. The van der Waals surface area contributed by atoms with E-state index < -0.39 is 0 Å². The number of anilines is 2. The van der Waals surface area contributed by atoms with E-state index in [1.54, 1.807) is 6.20 Å². The summed E-state index contributed by atoms with van der Waals surface area (Å²) in [4.78, 5) is 23.9. The van der Waals surface area contributed by atoms with Crippen molar-refractivity contribution in [2.75, 3.05) is 5.32 Å². The van der Waals surface area contributed by atoms with E-state index >= 15 is 0 Å². The third-order valence-corrected chi connectivity index (χ3v) is 3.71. The van der Waals surface area contributed by atoms with Gasteiger partial charge in [-0.05, 0) is 23.8 Å². The Morgan fingerprint density at radius 2 is 1.62 bits per heavy atom. The molecule has 0 saturated carbocycles. The Bertz CT molecular complexity index is 1040. The van der Waals surface area contributed by atoms with Crippen LogP contribution in [0.3, 0.4) is 0 Å². The molecule has 0 bridgehead atoms. The highest BCUT2D eigenvalue weighted by atomic mass is 16.1. The molecular formula is C19H14N4O. The van der Waals surface area contributed by atoms with Crippen molar-refractivity contribution in [2.45, 2.75) is 0 Å². The lowest BCUT2D eigenvalue weighted by atomic mass is 10.1. The van der Waals surface area contributed by atoms with Crippen LogP contribution in [0.2, 0.25) is 0 Å². The van der Waals surface area contributed by atoms with Gasteiger partial charge in [0.1, 0.15) is 5.65 Å². The zero-order chi connectivity index (χ0) is 16.4. The van der Waals surface area contributed by atoms with Gasteiger partial charge in [0.05, 0.1) is 0 Å². The second-order valence-electron chi connectivity index (χ2n) is 5.37. The summed E-state index contributed by atoms with van der Waals surface area (Å²) in [6.07, 6.45) is 1.70. The van der Waals surface area contributed by atoms with Crippen LogP contribution in [0, 0.1) is 0 Å². The number of rotatable bonds is 3. The molecule has 4 aromatic rings. The average molecular weight is 314 g/mol. The smallest absolute Gasteiger partial charge is 0.257 e. The van der Waals surface area contributed by atoms with Crippen LogP contribution in [0.25, 0.3) is 22.2 Å².